The van der Waals surface area contributed by atoms with Crippen LogP contribution in [-0.4, -0.2) is 14.8 Å². The molecule has 0 saturated heterocycles. The van der Waals surface area contributed by atoms with E-state index < -0.39 is 10.0 Å². The number of halogens is 1. The molecule has 0 fully saturated rings. The van der Waals surface area contributed by atoms with Gasteiger partial charge in [0.25, 0.3) is 10.0 Å². The second-order valence-electron chi connectivity index (χ2n) is 2.47. The summed E-state index contributed by atoms with van der Waals surface area (Å²) in [5, 5.41) is 2.77. The lowest BCUT2D eigenvalue weighted by atomic mass is 10.3. The van der Waals surface area contributed by atoms with Gasteiger partial charge in [-0.15, -0.1) is 4.40 Å². The lowest BCUT2D eigenvalue weighted by Gasteiger charge is -2.12. The molecule has 1 N–H and O–H groups in total. The molecular formula is C7H5BrN2O2S. The van der Waals surface area contributed by atoms with Crippen LogP contribution in [0.1, 0.15) is 0 Å². The van der Waals surface area contributed by atoms with Crippen LogP contribution in [0.3, 0.4) is 0 Å². The van der Waals surface area contributed by atoms with E-state index >= 15 is 0 Å². The Hall–Kier alpha value is -0.880. The van der Waals surface area contributed by atoms with E-state index in [1.165, 1.54) is 12.4 Å². The van der Waals surface area contributed by atoms with Gasteiger partial charge in [-0.25, -0.2) is 0 Å². The van der Waals surface area contributed by atoms with Crippen molar-refractivity contribution in [2.24, 2.45) is 4.40 Å². The molecule has 0 radical (unpaired) electrons. The topological polar surface area (TPSA) is 58.5 Å². The predicted octanol–water partition coefficient (Wildman–Crippen LogP) is 1.59. The summed E-state index contributed by atoms with van der Waals surface area (Å²) in [7, 11) is -3.49. The number of hydrogen-bond donors (Lipinski definition) is 1. The molecule has 68 valence electrons. The van der Waals surface area contributed by atoms with Gasteiger partial charge in [-0.1, -0.05) is 6.07 Å². The van der Waals surface area contributed by atoms with Crippen molar-refractivity contribution in [2.45, 2.75) is 4.90 Å². The highest BCUT2D eigenvalue weighted by atomic mass is 79.9. The predicted molar refractivity (Wildman–Crippen MR) is 53.4 cm³/mol. The molecule has 6 heteroatoms. The van der Waals surface area contributed by atoms with Crippen LogP contribution < -0.4 is 5.32 Å². The van der Waals surface area contributed by atoms with Crippen LogP contribution in [0.5, 0.6) is 0 Å². The van der Waals surface area contributed by atoms with Crippen molar-refractivity contribution in [3.05, 3.63) is 22.7 Å². The third-order valence-corrected chi connectivity index (χ3v) is 3.59. The van der Waals surface area contributed by atoms with E-state index in [1.807, 2.05) is 0 Å². The van der Waals surface area contributed by atoms with E-state index in [2.05, 4.69) is 25.6 Å². The normalized spacial score (nSPS) is 17.6. The highest BCUT2D eigenvalue weighted by Gasteiger charge is 2.21. The fourth-order valence-electron chi connectivity index (χ4n) is 1.08. The van der Waals surface area contributed by atoms with Gasteiger partial charge < -0.3 is 5.32 Å². The van der Waals surface area contributed by atoms with Crippen molar-refractivity contribution in [2.75, 3.05) is 5.32 Å². The average molecular weight is 261 g/mol. The van der Waals surface area contributed by atoms with Gasteiger partial charge in [-0.05, 0) is 28.1 Å². The molecule has 0 amide bonds. The zero-order valence-corrected chi connectivity index (χ0v) is 8.76. The highest BCUT2D eigenvalue weighted by Crippen LogP contribution is 2.32. The van der Waals surface area contributed by atoms with Gasteiger partial charge >= 0.3 is 0 Å². The van der Waals surface area contributed by atoms with Crippen LogP contribution in [0, 0.1) is 0 Å². The molecule has 4 nitrogen and oxygen atoms in total. The molecule has 0 saturated carbocycles. The molecule has 0 aromatic heterocycles. The van der Waals surface area contributed by atoms with Crippen molar-refractivity contribution in [1.82, 2.24) is 0 Å². The monoisotopic (exact) mass is 260 g/mol. The molecule has 0 bridgehead atoms. The van der Waals surface area contributed by atoms with Crippen molar-refractivity contribution >= 4 is 38.0 Å². The molecule has 13 heavy (non-hydrogen) atoms. The van der Waals surface area contributed by atoms with E-state index in [1.54, 1.807) is 12.1 Å². The Kier molecular flexibility index (Phi) is 1.88. The molecule has 1 aromatic rings. The fraction of sp³-hybridized carbons (Fsp3) is 0. The Morgan fingerprint density at radius 1 is 1.38 bits per heavy atom. The third-order valence-electron chi connectivity index (χ3n) is 1.65. The van der Waals surface area contributed by atoms with Crippen molar-refractivity contribution in [1.29, 1.82) is 0 Å². The van der Waals surface area contributed by atoms with Gasteiger partial charge in [0.15, 0.2) is 0 Å². The maximum atomic E-state index is 11.4. The summed E-state index contributed by atoms with van der Waals surface area (Å²) in [6.45, 7) is 0. The number of nitrogens with one attached hydrogen (secondary N) is 1. The van der Waals surface area contributed by atoms with Crippen LogP contribution >= 0.6 is 15.9 Å². The summed E-state index contributed by atoms with van der Waals surface area (Å²) in [6, 6.07) is 4.93. The lowest BCUT2D eigenvalue weighted by Crippen LogP contribution is -2.11. The summed E-state index contributed by atoms with van der Waals surface area (Å²) in [5.74, 6) is 0. The smallest absolute Gasteiger partial charge is 0.285 e. The Balaban J connectivity index is 2.79. The van der Waals surface area contributed by atoms with E-state index in [4.69, 9.17) is 0 Å². The molecule has 1 aliphatic heterocycles. The number of benzene rings is 1. The Morgan fingerprint density at radius 2 is 2.15 bits per heavy atom. The minimum atomic E-state index is -3.49. The van der Waals surface area contributed by atoms with E-state index in [9.17, 15) is 8.42 Å². The van der Waals surface area contributed by atoms with Crippen LogP contribution in [0.4, 0.5) is 5.69 Å². The van der Waals surface area contributed by atoms with Crippen LogP contribution in [0.25, 0.3) is 0 Å². The summed E-state index contributed by atoms with van der Waals surface area (Å²) in [4.78, 5) is 0.198. The lowest BCUT2D eigenvalue weighted by molar-refractivity contribution is 0.598. The largest absolute Gasteiger partial charge is 0.344 e. The second kappa shape index (κ2) is 2.81. The first-order valence-corrected chi connectivity index (χ1v) is 5.68. The van der Waals surface area contributed by atoms with E-state index in [0.717, 1.165) is 0 Å². The maximum absolute atomic E-state index is 11.4. The first-order valence-electron chi connectivity index (χ1n) is 3.45. The van der Waals surface area contributed by atoms with Gasteiger partial charge in [0, 0.05) is 4.47 Å². The first-order chi connectivity index (χ1) is 6.11. The average Bonchev–Trinajstić information content (AvgIpc) is 2.06. The Morgan fingerprint density at radius 3 is 2.85 bits per heavy atom. The van der Waals surface area contributed by atoms with E-state index in [-0.39, 0.29) is 4.90 Å². The third kappa shape index (κ3) is 1.36. The fourth-order valence-corrected chi connectivity index (χ4v) is 2.67. The molecular weight excluding hydrogens is 256 g/mol. The van der Waals surface area contributed by atoms with Gasteiger partial charge in [-0.3, -0.25) is 0 Å². The van der Waals surface area contributed by atoms with E-state index in [0.29, 0.717) is 10.2 Å². The van der Waals surface area contributed by atoms with Crippen molar-refractivity contribution in [3.63, 3.8) is 0 Å². The molecule has 1 aromatic carbocycles. The molecule has 0 atom stereocenters. The van der Waals surface area contributed by atoms with Crippen molar-refractivity contribution in [3.8, 4) is 0 Å². The van der Waals surface area contributed by atoms with Gasteiger partial charge in [-0.2, -0.15) is 8.42 Å². The zero-order valence-electron chi connectivity index (χ0n) is 6.36. The summed E-state index contributed by atoms with van der Waals surface area (Å²) >= 11 is 3.25. The molecule has 0 spiro atoms. The molecule has 1 heterocycles. The number of rotatable bonds is 0. The SMILES string of the molecule is O=S1(=O)N=CNc2c(Br)cccc21. The van der Waals surface area contributed by atoms with Crippen molar-refractivity contribution < 1.29 is 8.42 Å². The minimum absolute atomic E-state index is 0.198. The quantitative estimate of drug-likeness (QED) is 0.771. The minimum Gasteiger partial charge on any atom is -0.344 e. The van der Waals surface area contributed by atoms with Gasteiger partial charge in [0.1, 0.15) is 11.2 Å². The van der Waals surface area contributed by atoms with Gasteiger partial charge in [0.2, 0.25) is 0 Å². The highest BCUT2D eigenvalue weighted by molar-refractivity contribution is 9.10. The van der Waals surface area contributed by atoms with Crippen LogP contribution in [0.15, 0.2) is 32.0 Å². The molecule has 2 rings (SSSR count). The molecule has 1 aliphatic rings. The Bertz CT molecular complexity index is 481. The molecule has 0 aliphatic carbocycles. The Labute approximate surface area is 83.9 Å². The maximum Gasteiger partial charge on any atom is 0.285 e. The van der Waals surface area contributed by atoms with Crippen LogP contribution in [-0.2, 0) is 10.0 Å². The van der Waals surface area contributed by atoms with Crippen LogP contribution in [0.2, 0.25) is 0 Å². The number of para-hydroxylation sites is 1. The summed E-state index contributed by atoms with van der Waals surface area (Å²) < 4.78 is 26.8. The number of nitrogens with zero attached hydrogens (tertiary/aromatic N) is 1. The standard InChI is InChI=1S/C7H5BrN2O2S/c8-5-2-1-3-6-7(5)9-4-10-13(6,11)12/h1-4H,(H,9,10). The summed E-state index contributed by atoms with van der Waals surface area (Å²) in [5.41, 5.74) is 0.539. The summed E-state index contributed by atoms with van der Waals surface area (Å²) in [6.07, 6.45) is 1.17. The second-order valence-corrected chi connectivity index (χ2v) is 4.92. The number of sulfonamides is 1. The first kappa shape index (κ1) is 8.71. The molecule has 0 unspecified atom stereocenters. The number of hydrogen-bond acceptors (Lipinski definition) is 3. The number of fused-ring (bicyclic) bond motifs is 1. The number of anilines is 1. The van der Waals surface area contributed by atoms with Gasteiger partial charge in [0.05, 0.1) is 5.69 Å². The zero-order chi connectivity index (χ0) is 9.47.